The van der Waals surface area contributed by atoms with E-state index in [2.05, 4.69) is 15.6 Å². The fourth-order valence-corrected chi connectivity index (χ4v) is 2.91. The summed E-state index contributed by atoms with van der Waals surface area (Å²) in [6.07, 6.45) is 3.47. The first-order chi connectivity index (χ1) is 11.4. The summed E-state index contributed by atoms with van der Waals surface area (Å²) in [5.41, 5.74) is 0.893. The van der Waals surface area contributed by atoms with Gasteiger partial charge in [0.2, 0.25) is 5.91 Å². The molecule has 3 amide bonds. The van der Waals surface area contributed by atoms with Crippen LogP contribution in [0.4, 0.5) is 4.79 Å². The molecule has 0 radical (unpaired) electrons. The van der Waals surface area contributed by atoms with Crippen LogP contribution in [0.2, 0.25) is 5.02 Å². The molecule has 1 heterocycles. The Labute approximate surface area is 150 Å². The van der Waals surface area contributed by atoms with E-state index in [1.54, 1.807) is 25.3 Å². The number of halogens is 1. The number of nitrogens with one attached hydrogen (secondary N) is 2. The number of imide groups is 1. The highest BCUT2D eigenvalue weighted by Gasteiger charge is 2.20. The summed E-state index contributed by atoms with van der Waals surface area (Å²) in [6, 6.07) is 6.78. The molecule has 0 unspecified atom stereocenters. The van der Waals surface area contributed by atoms with Crippen molar-refractivity contribution in [2.24, 2.45) is 0 Å². The summed E-state index contributed by atoms with van der Waals surface area (Å²) < 4.78 is 1.86. The summed E-state index contributed by atoms with van der Waals surface area (Å²) in [5.74, 6) is -0.371. The van der Waals surface area contributed by atoms with E-state index < -0.39 is 11.3 Å². The standard InChI is InChI=1S/C16H19ClN4O2S/c1-10(2)19-15(23)20-14(22)11(3)24-16-18-8-9-21(16)13-6-4-12(17)5-7-13/h4-11H,1-3H3,(H2,19,20,22,23)/t11-/m1/s1. The Bertz CT molecular complexity index is 715. The molecule has 2 N–H and O–H groups in total. The molecular formula is C16H19ClN4O2S. The maximum atomic E-state index is 12.1. The third-order valence-corrected chi connectivity index (χ3v) is 4.35. The quantitative estimate of drug-likeness (QED) is 0.796. The molecule has 0 bridgehead atoms. The molecule has 0 aliphatic carbocycles. The van der Waals surface area contributed by atoms with Crippen molar-refractivity contribution in [3.05, 3.63) is 41.7 Å². The van der Waals surface area contributed by atoms with Gasteiger partial charge in [-0.1, -0.05) is 23.4 Å². The maximum Gasteiger partial charge on any atom is 0.321 e. The van der Waals surface area contributed by atoms with Gasteiger partial charge in [0, 0.05) is 29.1 Å². The van der Waals surface area contributed by atoms with Gasteiger partial charge in [-0.15, -0.1) is 0 Å². The van der Waals surface area contributed by atoms with Crippen LogP contribution in [0.3, 0.4) is 0 Å². The van der Waals surface area contributed by atoms with Gasteiger partial charge in [-0.25, -0.2) is 9.78 Å². The van der Waals surface area contributed by atoms with Crippen LogP contribution in [0, 0.1) is 0 Å². The number of imidazole rings is 1. The minimum atomic E-state index is -0.497. The molecule has 0 aliphatic rings. The fourth-order valence-electron chi connectivity index (χ4n) is 1.90. The lowest BCUT2D eigenvalue weighted by Gasteiger charge is -2.14. The van der Waals surface area contributed by atoms with Crippen LogP contribution in [0.5, 0.6) is 0 Å². The first-order valence-electron chi connectivity index (χ1n) is 7.44. The average molecular weight is 367 g/mol. The second kappa shape index (κ2) is 8.21. The number of rotatable bonds is 5. The Morgan fingerprint density at radius 2 is 1.88 bits per heavy atom. The van der Waals surface area contributed by atoms with Crippen molar-refractivity contribution >= 4 is 35.3 Å². The smallest absolute Gasteiger partial charge is 0.321 e. The van der Waals surface area contributed by atoms with Gasteiger partial charge in [-0.05, 0) is 45.0 Å². The van der Waals surface area contributed by atoms with Crippen LogP contribution in [0.25, 0.3) is 5.69 Å². The van der Waals surface area contributed by atoms with Crippen LogP contribution in [0.1, 0.15) is 20.8 Å². The third kappa shape index (κ3) is 5.01. The topological polar surface area (TPSA) is 76.0 Å². The number of hydrogen-bond acceptors (Lipinski definition) is 4. The van der Waals surface area contributed by atoms with E-state index >= 15 is 0 Å². The van der Waals surface area contributed by atoms with Gasteiger partial charge >= 0.3 is 6.03 Å². The van der Waals surface area contributed by atoms with Gasteiger partial charge in [0.05, 0.1) is 5.25 Å². The lowest BCUT2D eigenvalue weighted by atomic mass is 10.3. The van der Waals surface area contributed by atoms with E-state index in [1.807, 2.05) is 36.7 Å². The fraction of sp³-hybridized carbons (Fsp3) is 0.312. The van der Waals surface area contributed by atoms with Gasteiger partial charge in [-0.2, -0.15) is 0 Å². The van der Waals surface area contributed by atoms with Crippen molar-refractivity contribution < 1.29 is 9.59 Å². The molecule has 1 aromatic carbocycles. The highest BCUT2D eigenvalue weighted by atomic mass is 35.5. The molecule has 0 spiro atoms. The molecule has 2 rings (SSSR count). The molecule has 0 saturated heterocycles. The van der Waals surface area contributed by atoms with E-state index in [1.165, 1.54) is 11.8 Å². The zero-order chi connectivity index (χ0) is 17.7. The zero-order valence-corrected chi connectivity index (χ0v) is 15.2. The lowest BCUT2D eigenvalue weighted by Crippen LogP contribution is -2.45. The number of nitrogens with zero attached hydrogens (tertiary/aromatic N) is 2. The van der Waals surface area contributed by atoms with Crippen LogP contribution >= 0.6 is 23.4 Å². The van der Waals surface area contributed by atoms with Gasteiger partial charge in [0.15, 0.2) is 5.16 Å². The highest BCUT2D eigenvalue weighted by molar-refractivity contribution is 8.00. The Kier molecular flexibility index (Phi) is 6.28. The Hall–Kier alpha value is -1.99. The predicted octanol–water partition coefficient (Wildman–Crippen LogP) is 3.24. The van der Waals surface area contributed by atoms with E-state index in [0.29, 0.717) is 10.2 Å². The molecule has 6 nitrogen and oxygen atoms in total. The summed E-state index contributed by atoms with van der Waals surface area (Å²) in [6.45, 7) is 5.37. The van der Waals surface area contributed by atoms with Crippen molar-refractivity contribution in [2.45, 2.75) is 37.2 Å². The second-order valence-electron chi connectivity index (χ2n) is 5.43. The summed E-state index contributed by atoms with van der Waals surface area (Å²) >= 11 is 7.17. The van der Waals surface area contributed by atoms with Crippen molar-refractivity contribution in [1.82, 2.24) is 20.2 Å². The first-order valence-corrected chi connectivity index (χ1v) is 8.70. The third-order valence-electron chi connectivity index (χ3n) is 3.02. The van der Waals surface area contributed by atoms with Gasteiger partial charge in [0.25, 0.3) is 0 Å². The van der Waals surface area contributed by atoms with E-state index in [4.69, 9.17) is 11.6 Å². The van der Waals surface area contributed by atoms with Crippen molar-refractivity contribution in [3.8, 4) is 5.69 Å². The molecule has 0 saturated carbocycles. The van der Waals surface area contributed by atoms with E-state index in [9.17, 15) is 9.59 Å². The molecule has 24 heavy (non-hydrogen) atoms. The Balaban J connectivity index is 2.03. The molecular weight excluding hydrogens is 348 g/mol. The van der Waals surface area contributed by atoms with Crippen LogP contribution < -0.4 is 10.6 Å². The highest BCUT2D eigenvalue weighted by Crippen LogP contribution is 2.25. The molecule has 1 atom stereocenters. The maximum absolute atomic E-state index is 12.1. The Morgan fingerprint density at radius 3 is 2.50 bits per heavy atom. The monoisotopic (exact) mass is 366 g/mol. The van der Waals surface area contributed by atoms with Gasteiger partial charge in [0.1, 0.15) is 0 Å². The number of amides is 3. The number of urea groups is 1. The van der Waals surface area contributed by atoms with Gasteiger partial charge in [-0.3, -0.25) is 14.7 Å². The molecule has 2 aromatic rings. The lowest BCUT2D eigenvalue weighted by molar-refractivity contribution is -0.119. The molecule has 1 aromatic heterocycles. The van der Waals surface area contributed by atoms with Crippen LogP contribution in [0.15, 0.2) is 41.8 Å². The number of aromatic nitrogens is 2. The van der Waals surface area contributed by atoms with Crippen LogP contribution in [-0.2, 0) is 4.79 Å². The molecule has 0 aliphatic heterocycles. The minimum absolute atomic E-state index is 0.0374. The minimum Gasteiger partial charge on any atom is -0.336 e. The summed E-state index contributed by atoms with van der Waals surface area (Å²) in [4.78, 5) is 28.0. The molecule has 128 valence electrons. The average Bonchev–Trinajstić information content (AvgIpc) is 2.95. The van der Waals surface area contributed by atoms with Crippen molar-refractivity contribution in [1.29, 1.82) is 0 Å². The van der Waals surface area contributed by atoms with E-state index in [0.717, 1.165) is 5.69 Å². The SMILES string of the molecule is CC(C)NC(=O)NC(=O)[C@@H](C)Sc1nccn1-c1ccc(Cl)cc1. The van der Waals surface area contributed by atoms with E-state index in [-0.39, 0.29) is 11.9 Å². The summed E-state index contributed by atoms with van der Waals surface area (Å²) in [5, 5.41) is 5.77. The second-order valence-corrected chi connectivity index (χ2v) is 7.18. The summed E-state index contributed by atoms with van der Waals surface area (Å²) in [7, 11) is 0. The first kappa shape index (κ1) is 18.4. The number of thioether (sulfide) groups is 1. The van der Waals surface area contributed by atoms with Crippen LogP contribution in [-0.4, -0.2) is 32.8 Å². The molecule has 0 fully saturated rings. The van der Waals surface area contributed by atoms with Gasteiger partial charge < -0.3 is 5.32 Å². The number of benzene rings is 1. The number of carbonyl (C=O) groups excluding carboxylic acids is 2. The predicted molar refractivity (Wildman–Crippen MR) is 95.7 cm³/mol. The van der Waals surface area contributed by atoms with Crippen molar-refractivity contribution in [2.75, 3.05) is 0 Å². The Morgan fingerprint density at radius 1 is 1.21 bits per heavy atom. The number of carbonyl (C=O) groups is 2. The number of hydrogen-bond donors (Lipinski definition) is 2. The largest absolute Gasteiger partial charge is 0.336 e. The molecule has 8 heteroatoms. The normalized spacial score (nSPS) is 12.0. The zero-order valence-electron chi connectivity index (χ0n) is 13.6. The van der Waals surface area contributed by atoms with Crippen molar-refractivity contribution in [3.63, 3.8) is 0 Å².